The second kappa shape index (κ2) is 5.46. The van der Waals surface area contributed by atoms with E-state index in [1.54, 1.807) is 30.7 Å². The number of pyridine rings is 1. The minimum absolute atomic E-state index is 0.102. The maximum absolute atomic E-state index is 12.2. The Bertz CT molecular complexity index is 818. The summed E-state index contributed by atoms with van der Waals surface area (Å²) >= 11 is 6.06. The molecular weight excluding hydrogens is 288 g/mol. The molecule has 2 aromatic heterocycles. The van der Waals surface area contributed by atoms with Crippen LogP contribution in [0.2, 0.25) is 5.02 Å². The molecule has 2 heterocycles. The number of carbonyl (C=O) groups excluding carboxylic acids is 1. The van der Waals surface area contributed by atoms with Crippen LogP contribution in [0.25, 0.3) is 10.9 Å². The van der Waals surface area contributed by atoms with Crippen molar-refractivity contribution in [3.8, 4) is 0 Å². The predicted molar refractivity (Wildman–Crippen MR) is 81.5 cm³/mol. The molecule has 0 aliphatic heterocycles. The molecule has 0 radical (unpaired) electrons. The van der Waals surface area contributed by atoms with Crippen LogP contribution in [0, 0.1) is 6.92 Å². The number of amides is 1. The van der Waals surface area contributed by atoms with Crippen LogP contribution in [0.15, 0.2) is 42.9 Å². The zero-order chi connectivity index (χ0) is 14.8. The molecule has 1 aromatic carbocycles. The van der Waals surface area contributed by atoms with Gasteiger partial charge in [0.25, 0.3) is 5.91 Å². The van der Waals surface area contributed by atoms with Gasteiger partial charge in [-0.25, -0.2) is 9.97 Å². The Morgan fingerprint density at radius 2 is 1.95 bits per heavy atom. The van der Waals surface area contributed by atoms with E-state index in [0.29, 0.717) is 16.2 Å². The Kier molecular flexibility index (Phi) is 3.50. The maximum Gasteiger partial charge on any atom is 0.293 e. The minimum Gasteiger partial charge on any atom is -0.317 e. The van der Waals surface area contributed by atoms with Gasteiger partial charge in [0.1, 0.15) is 0 Å². The van der Waals surface area contributed by atoms with Crippen molar-refractivity contribution >= 4 is 34.1 Å². The molecule has 1 amide bonds. The number of aryl methyl sites for hydroxylation is 1. The molecule has 1 N–H and O–H groups in total. The van der Waals surface area contributed by atoms with E-state index in [-0.39, 0.29) is 5.82 Å². The summed E-state index contributed by atoms with van der Waals surface area (Å²) < 4.78 is 0. The van der Waals surface area contributed by atoms with Crippen LogP contribution in [0.4, 0.5) is 5.69 Å². The normalized spacial score (nSPS) is 10.6. The first-order valence-electron chi connectivity index (χ1n) is 6.28. The van der Waals surface area contributed by atoms with Crippen LogP contribution in [0.3, 0.4) is 0 Å². The number of carbonyl (C=O) groups is 1. The van der Waals surface area contributed by atoms with Crippen molar-refractivity contribution in [3.05, 3.63) is 59.3 Å². The number of halogens is 1. The molecule has 0 fully saturated rings. The zero-order valence-electron chi connectivity index (χ0n) is 11.2. The largest absolute Gasteiger partial charge is 0.317 e. The topological polar surface area (TPSA) is 67.8 Å². The van der Waals surface area contributed by atoms with Crippen molar-refractivity contribution in [2.24, 2.45) is 0 Å². The van der Waals surface area contributed by atoms with Gasteiger partial charge in [-0.05, 0) is 30.7 Å². The van der Waals surface area contributed by atoms with E-state index in [1.807, 2.05) is 19.1 Å². The van der Waals surface area contributed by atoms with Crippen molar-refractivity contribution in [2.75, 3.05) is 5.32 Å². The number of fused-ring (bicyclic) bond motifs is 1. The third kappa shape index (κ3) is 2.83. The number of rotatable bonds is 2. The number of hydrogen-bond donors (Lipinski definition) is 1. The van der Waals surface area contributed by atoms with E-state index in [4.69, 9.17) is 11.6 Å². The van der Waals surface area contributed by atoms with E-state index in [9.17, 15) is 4.79 Å². The Balaban J connectivity index is 1.98. The van der Waals surface area contributed by atoms with E-state index in [1.165, 1.54) is 0 Å². The van der Waals surface area contributed by atoms with Gasteiger partial charge in [0, 0.05) is 29.0 Å². The predicted octanol–water partition coefficient (Wildman–Crippen LogP) is 3.24. The van der Waals surface area contributed by atoms with Crippen LogP contribution in [-0.2, 0) is 0 Å². The third-order valence-corrected chi connectivity index (χ3v) is 3.12. The number of benzene rings is 1. The summed E-state index contributed by atoms with van der Waals surface area (Å²) in [5, 5.41) is 4.13. The van der Waals surface area contributed by atoms with Crippen LogP contribution < -0.4 is 5.32 Å². The van der Waals surface area contributed by atoms with Gasteiger partial charge < -0.3 is 5.32 Å². The fourth-order valence-corrected chi connectivity index (χ4v) is 2.17. The molecule has 0 unspecified atom stereocenters. The first kappa shape index (κ1) is 13.5. The average molecular weight is 299 g/mol. The van der Waals surface area contributed by atoms with Crippen LogP contribution in [0.1, 0.15) is 16.2 Å². The minimum atomic E-state index is -0.399. The van der Waals surface area contributed by atoms with E-state index in [0.717, 1.165) is 10.9 Å². The lowest BCUT2D eigenvalue weighted by molar-refractivity contribution is 0.101. The second-order valence-corrected chi connectivity index (χ2v) is 5.00. The van der Waals surface area contributed by atoms with Gasteiger partial charge in [0.15, 0.2) is 0 Å². The molecule has 0 aliphatic rings. The molecule has 3 aromatic rings. The summed E-state index contributed by atoms with van der Waals surface area (Å²) in [5.74, 6) is -0.297. The van der Waals surface area contributed by atoms with Gasteiger partial charge >= 0.3 is 0 Å². The molecule has 0 saturated carbocycles. The van der Waals surface area contributed by atoms with Gasteiger partial charge in [-0.2, -0.15) is 0 Å². The first-order chi connectivity index (χ1) is 10.1. The summed E-state index contributed by atoms with van der Waals surface area (Å²) in [6.07, 6.45) is 4.85. The third-order valence-electron chi connectivity index (χ3n) is 2.90. The SMILES string of the molecule is Cc1cnc(C(=O)Nc2cc(Cl)cc3cccnc23)nc1. The highest BCUT2D eigenvalue weighted by Crippen LogP contribution is 2.26. The number of nitrogens with zero attached hydrogens (tertiary/aromatic N) is 3. The maximum atomic E-state index is 12.2. The average Bonchev–Trinajstić information content (AvgIpc) is 2.47. The number of anilines is 1. The van der Waals surface area contributed by atoms with Crippen LogP contribution in [0.5, 0.6) is 0 Å². The summed E-state index contributed by atoms with van der Waals surface area (Å²) in [6.45, 7) is 1.86. The van der Waals surface area contributed by atoms with Crippen molar-refractivity contribution < 1.29 is 4.79 Å². The molecule has 104 valence electrons. The Hall–Kier alpha value is -2.53. The summed E-state index contributed by atoms with van der Waals surface area (Å²) in [6, 6.07) is 7.14. The van der Waals surface area contributed by atoms with Crippen molar-refractivity contribution in [2.45, 2.75) is 6.92 Å². The highest BCUT2D eigenvalue weighted by molar-refractivity contribution is 6.32. The lowest BCUT2D eigenvalue weighted by atomic mass is 10.2. The fraction of sp³-hybridized carbons (Fsp3) is 0.0667. The van der Waals surface area contributed by atoms with Gasteiger partial charge in [0.2, 0.25) is 5.82 Å². The first-order valence-corrected chi connectivity index (χ1v) is 6.65. The molecule has 6 heteroatoms. The molecule has 0 bridgehead atoms. The summed E-state index contributed by atoms with van der Waals surface area (Å²) in [7, 11) is 0. The molecule has 0 spiro atoms. The highest BCUT2D eigenvalue weighted by Gasteiger charge is 2.12. The van der Waals surface area contributed by atoms with Crippen molar-refractivity contribution in [1.82, 2.24) is 15.0 Å². The standard InChI is InChI=1S/C15H11ClN4O/c1-9-7-18-14(19-8-9)15(21)20-12-6-11(16)5-10-3-2-4-17-13(10)12/h2-8H,1H3,(H,20,21). The molecule has 21 heavy (non-hydrogen) atoms. The summed E-state index contributed by atoms with van der Waals surface area (Å²) in [4.78, 5) is 24.4. The number of nitrogens with one attached hydrogen (secondary N) is 1. The fourth-order valence-electron chi connectivity index (χ4n) is 1.94. The van der Waals surface area contributed by atoms with Crippen LogP contribution >= 0.6 is 11.6 Å². The molecule has 5 nitrogen and oxygen atoms in total. The smallest absolute Gasteiger partial charge is 0.293 e. The molecule has 3 rings (SSSR count). The van der Waals surface area contributed by atoms with Gasteiger partial charge in [-0.3, -0.25) is 9.78 Å². The number of aromatic nitrogens is 3. The van der Waals surface area contributed by atoms with E-state index < -0.39 is 5.91 Å². The zero-order valence-corrected chi connectivity index (χ0v) is 11.9. The number of hydrogen-bond acceptors (Lipinski definition) is 4. The van der Waals surface area contributed by atoms with E-state index in [2.05, 4.69) is 20.3 Å². The molecule has 0 aliphatic carbocycles. The quantitative estimate of drug-likeness (QED) is 0.788. The van der Waals surface area contributed by atoms with Gasteiger partial charge in [0.05, 0.1) is 11.2 Å². The molecule has 0 saturated heterocycles. The Labute approximate surface area is 126 Å². The van der Waals surface area contributed by atoms with Gasteiger partial charge in [-0.1, -0.05) is 17.7 Å². The highest BCUT2D eigenvalue weighted by atomic mass is 35.5. The molecular formula is C15H11ClN4O. The monoisotopic (exact) mass is 298 g/mol. The van der Waals surface area contributed by atoms with Crippen molar-refractivity contribution in [3.63, 3.8) is 0 Å². The lowest BCUT2D eigenvalue weighted by Gasteiger charge is -2.08. The Morgan fingerprint density at radius 3 is 2.71 bits per heavy atom. The molecule has 0 atom stereocenters. The summed E-state index contributed by atoms with van der Waals surface area (Å²) in [5.41, 5.74) is 2.09. The lowest BCUT2D eigenvalue weighted by Crippen LogP contribution is -2.16. The van der Waals surface area contributed by atoms with Gasteiger partial charge in [-0.15, -0.1) is 0 Å². The second-order valence-electron chi connectivity index (χ2n) is 4.57. The van der Waals surface area contributed by atoms with E-state index >= 15 is 0 Å². The van der Waals surface area contributed by atoms with Crippen molar-refractivity contribution in [1.29, 1.82) is 0 Å². The van der Waals surface area contributed by atoms with Crippen LogP contribution in [-0.4, -0.2) is 20.9 Å². The Morgan fingerprint density at radius 1 is 1.19 bits per heavy atom.